The van der Waals surface area contributed by atoms with Crippen LogP contribution in [0.25, 0.3) is 0 Å². The quantitative estimate of drug-likeness (QED) is 0.736. The summed E-state index contributed by atoms with van der Waals surface area (Å²) in [7, 11) is -2.75. The molecule has 1 aromatic rings. The van der Waals surface area contributed by atoms with Crippen LogP contribution in [0.3, 0.4) is 0 Å². The number of methoxy groups -OCH3 is 1. The summed E-state index contributed by atoms with van der Waals surface area (Å²) in [6.07, 6.45) is 0. The monoisotopic (exact) mass is 345 g/mol. The maximum Gasteiger partial charge on any atom is 0.441 e. The van der Waals surface area contributed by atoms with Crippen molar-refractivity contribution in [3.8, 4) is 5.75 Å². The van der Waals surface area contributed by atoms with E-state index in [-0.39, 0.29) is 35.6 Å². The highest BCUT2D eigenvalue weighted by Crippen LogP contribution is 2.30. The fourth-order valence-corrected chi connectivity index (χ4v) is 3.26. The number of benzene rings is 1. The first-order valence-electron chi connectivity index (χ1n) is 5.68. The molecular formula is C11H14F3NO4S2. The van der Waals surface area contributed by atoms with Crippen molar-refractivity contribution in [1.82, 2.24) is 4.72 Å². The van der Waals surface area contributed by atoms with Gasteiger partial charge >= 0.3 is 5.51 Å². The summed E-state index contributed by atoms with van der Waals surface area (Å²) in [5.41, 5.74) is -4.05. The number of hydrogen-bond donors (Lipinski definition) is 2. The molecule has 0 aliphatic carbocycles. The molecule has 1 rings (SSSR count). The van der Waals surface area contributed by atoms with Gasteiger partial charge in [0.05, 0.1) is 13.7 Å². The molecule has 10 heteroatoms. The van der Waals surface area contributed by atoms with Crippen molar-refractivity contribution < 1.29 is 31.4 Å². The molecule has 0 heterocycles. The number of thioether (sulfide) groups is 1. The van der Waals surface area contributed by atoms with Crippen LogP contribution in [-0.4, -0.2) is 38.4 Å². The largest absolute Gasteiger partial charge is 0.495 e. The smallest absolute Gasteiger partial charge is 0.441 e. The molecule has 2 N–H and O–H groups in total. The van der Waals surface area contributed by atoms with E-state index in [1.807, 2.05) is 0 Å². The van der Waals surface area contributed by atoms with E-state index in [1.165, 1.54) is 25.3 Å². The first kappa shape index (κ1) is 18.1. The average molecular weight is 345 g/mol. The lowest BCUT2D eigenvalue weighted by atomic mass is 10.2. The van der Waals surface area contributed by atoms with Gasteiger partial charge in [0, 0.05) is 12.3 Å². The molecule has 21 heavy (non-hydrogen) atoms. The number of nitrogens with one attached hydrogen (secondary N) is 1. The highest BCUT2D eigenvalue weighted by molar-refractivity contribution is 8.00. The summed E-state index contributed by atoms with van der Waals surface area (Å²) in [5.74, 6) is -0.395. The maximum absolute atomic E-state index is 12.0. The van der Waals surface area contributed by atoms with E-state index in [0.29, 0.717) is 5.56 Å². The van der Waals surface area contributed by atoms with Gasteiger partial charge in [-0.05, 0) is 29.5 Å². The summed E-state index contributed by atoms with van der Waals surface area (Å²) in [6.45, 7) is -0.741. The van der Waals surface area contributed by atoms with E-state index in [2.05, 4.69) is 4.72 Å². The van der Waals surface area contributed by atoms with Crippen molar-refractivity contribution in [2.75, 3.05) is 19.4 Å². The first-order chi connectivity index (χ1) is 9.69. The van der Waals surface area contributed by atoms with E-state index in [4.69, 9.17) is 9.84 Å². The zero-order valence-corrected chi connectivity index (χ0v) is 12.6. The Kier molecular flexibility index (Phi) is 6.32. The Morgan fingerprint density at radius 3 is 2.57 bits per heavy atom. The highest BCUT2D eigenvalue weighted by atomic mass is 32.2. The van der Waals surface area contributed by atoms with Crippen LogP contribution >= 0.6 is 11.8 Å². The van der Waals surface area contributed by atoms with Crippen LogP contribution < -0.4 is 9.46 Å². The van der Waals surface area contributed by atoms with Crippen molar-refractivity contribution >= 4 is 21.8 Å². The molecule has 0 saturated heterocycles. The lowest BCUT2D eigenvalue weighted by Crippen LogP contribution is -2.27. The molecule has 0 unspecified atom stereocenters. The summed E-state index contributed by atoms with van der Waals surface area (Å²) in [6, 6.07) is 4.06. The zero-order chi connectivity index (χ0) is 16.1. The van der Waals surface area contributed by atoms with Crippen LogP contribution in [0.5, 0.6) is 5.75 Å². The second-order valence-corrected chi connectivity index (χ2v) is 6.73. The Balaban J connectivity index is 2.82. The third kappa shape index (κ3) is 5.73. The number of sulfonamides is 1. The Bertz CT molecular complexity index is 575. The number of halogens is 3. The van der Waals surface area contributed by atoms with Gasteiger partial charge in [0.1, 0.15) is 10.6 Å². The minimum absolute atomic E-state index is 0.0446. The van der Waals surface area contributed by atoms with Crippen molar-refractivity contribution in [2.45, 2.75) is 17.0 Å². The molecule has 0 spiro atoms. The summed E-state index contributed by atoms with van der Waals surface area (Å²) in [4.78, 5) is -0.228. The maximum atomic E-state index is 12.0. The molecule has 0 saturated carbocycles. The van der Waals surface area contributed by atoms with Crippen molar-refractivity contribution in [1.29, 1.82) is 0 Å². The summed E-state index contributed by atoms with van der Waals surface area (Å²) >= 11 is -0.311. The van der Waals surface area contributed by atoms with Crippen LogP contribution in [-0.2, 0) is 16.6 Å². The van der Waals surface area contributed by atoms with Crippen LogP contribution in [0, 0.1) is 0 Å². The van der Waals surface area contributed by atoms with Crippen molar-refractivity contribution in [3.05, 3.63) is 23.8 Å². The van der Waals surface area contributed by atoms with Gasteiger partial charge in [-0.1, -0.05) is 6.07 Å². The Labute approximate surface area is 124 Å². The van der Waals surface area contributed by atoms with Crippen molar-refractivity contribution in [2.24, 2.45) is 0 Å². The molecule has 0 fully saturated rings. The number of ether oxygens (including phenoxy) is 1. The normalized spacial score (nSPS) is 12.4. The van der Waals surface area contributed by atoms with Crippen LogP contribution in [0.4, 0.5) is 13.2 Å². The lowest BCUT2D eigenvalue weighted by molar-refractivity contribution is -0.0327. The number of alkyl halides is 3. The fraction of sp³-hybridized carbons (Fsp3) is 0.455. The van der Waals surface area contributed by atoms with Gasteiger partial charge in [0.2, 0.25) is 10.0 Å². The molecule has 0 aliphatic rings. The van der Waals surface area contributed by atoms with E-state index in [0.717, 1.165) is 0 Å². The van der Waals surface area contributed by atoms with E-state index in [9.17, 15) is 21.6 Å². The standard InChI is InChI=1S/C11H14F3NO4S2/c1-19-9-3-2-8(7-16)6-10(9)21(17,18)15-4-5-20-11(12,13)14/h2-3,6,15-16H,4-5,7H2,1H3. The summed E-state index contributed by atoms with van der Waals surface area (Å²) in [5, 5.41) is 9.01. The SMILES string of the molecule is COc1ccc(CO)cc1S(=O)(=O)NCCSC(F)(F)F. The molecule has 0 amide bonds. The van der Waals surface area contributed by atoms with Gasteiger partial charge in [0.25, 0.3) is 0 Å². The molecule has 0 bridgehead atoms. The van der Waals surface area contributed by atoms with E-state index in [1.54, 1.807) is 0 Å². The minimum Gasteiger partial charge on any atom is -0.495 e. The van der Waals surface area contributed by atoms with Crippen molar-refractivity contribution in [3.63, 3.8) is 0 Å². The van der Waals surface area contributed by atoms with Gasteiger partial charge in [-0.25, -0.2) is 13.1 Å². The van der Waals surface area contributed by atoms with Crippen LogP contribution in [0.15, 0.2) is 23.1 Å². The van der Waals surface area contributed by atoms with E-state index >= 15 is 0 Å². The number of aliphatic hydroxyl groups is 1. The van der Waals surface area contributed by atoms with Gasteiger partial charge in [-0.15, -0.1) is 0 Å². The molecule has 0 atom stereocenters. The third-order valence-corrected chi connectivity index (χ3v) is 4.58. The molecule has 1 aromatic carbocycles. The summed E-state index contributed by atoms with van der Waals surface area (Å²) < 4.78 is 66.9. The number of aliphatic hydroxyl groups excluding tert-OH is 1. The number of hydrogen-bond acceptors (Lipinski definition) is 5. The second-order valence-electron chi connectivity index (χ2n) is 3.84. The average Bonchev–Trinajstić information content (AvgIpc) is 2.42. The van der Waals surface area contributed by atoms with E-state index < -0.39 is 21.3 Å². The Hall–Kier alpha value is -0.970. The van der Waals surface area contributed by atoms with Crippen LogP contribution in [0.1, 0.15) is 5.56 Å². The first-order valence-corrected chi connectivity index (χ1v) is 8.14. The number of rotatable bonds is 7. The predicted octanol–water partition coefficient (Wildman–Crippen LogP) is 1.72. The van der Waals surface area contributed by atoms with Gasteiger partial charge in [-0.2, -0.15) is 13.2 Å². The molecule has 0 aromatic heterocycles. The topological polar surface area (TPSA) is 75.6 Å². The Morgan fingerprint density at radius 2 is 2.05 bits per heavy atom. The van der Waals surface area contributed by atoms with Gasteiger partial charge in [-0.3, -0.25) is 0 Å². The lowest BCUT2D eigenvalue weighted by Gasteiger charge is -2.12. The fourth-order valence-electron chi connectivity index (χ4n) is 1.45. The molecule has 0 radical (unpaired) electrons. The van der Waals surface area contributed by atoms with Gasteiger partial charge < -0.3 is 9.84 Å². The Morgan fingerprint density at radius 1 is 1.38 bits per heavy atom. The molecule has 120 valence electrons. The highest BCUT2D eigenvalue weighted by Gasteiger charge is 2.28. The third-order valence-electron chi connectivity index (χ3n) is 2.36. The molecule has 0 aliphatic heterocycles. The van der Waals surface area contributed by atoms with Gasteiger partial charge in [0.15, 0.2) is 0 Å². The molecular weight excluding hydrogens is 331 g/mol. The molecule has 5 nitrogen and oxygen atoms in total. The predicted molar refractivity (Wildman–Crippen MR) is 72.6 cm³/mol. The minimum atomic E-state index is -4.40. The van der Waals surface area contributed by atoms with Crippen LogP contribution in [0.2, 0.25) is 0 Å². The second kappa shape index (κ2) is 7.34. The zero-order valence-electron chi connectivity index (χ0n) is 11.0.